The highest BCUT2D eigenvalue weighted by atomic mass is 35.5. The third-order valence-corrected chi connectivity index (χ3v) is 2.43. The molecule has 0 aromatic heterocycles. The number of nitrogens with one attached hydrogen (secondary N) is 1. The Balaban J connectivity index is 0.00000256. The van der Waals surface area contributed by atoms with Gasteiger partial charge >= 0.3 is 0 Å². The first-order valence-corrected chi connectivity index (χ1v) is 5.69. The van der Waals surface area contributed by atoms with E-state index in [1.165, 1.54) is 0 Å². The first-order chi connectivity index (χ1) is 7.49. The van der Waals surface area contributed by atoms with E-state index in [0.29, 0.717) is 23.0 Å². The highest BCUT2D eigenvalue weighted by Crippen LogP contribution is 2.14. The molecule has 1 amide bonds. The minimum Gasteiger partial charge on any atom is -0.325 e. The molecule has 0 heterocycles. The van der Waals surface area contributed by atoms with Crippen molar-refractivity contribution >= 4 is 35.6 Å². The van der Waals surface area contributed by atoms with E-state index in [9.17, 15) is 4.79 Å². The van der Waals surface area contributed by atoms with Gasteiger partial charge in [-0.3, -0.25) is 4.79 Å². The van der Waals surface area contributed by atoms with Gasteiger partial charge in [-0.25, -0.2) is 0 Å². The van der Waals surface area contributed by atoms with Crippen LogP contribution < -0.4 is 11.1 Å². The van der Waals surface area contributed by atoms with Crippen LogP contribution in [0.25, 0.3) is 0 Å². The number of carbonyl (C=O) groups is 1. The second-order valence-corrected chi connectivity index (χ2v) is 4.67. The fourth-order valence-corrected chi connectivity index (χ4v) is 1.51. The van der Waals surface area contributed by atoms with E-state index in [1.54, 1.807) is 24.3 Å². The predicted molar refractivity (Wildman–Crippen MR) is 74.8 cm³/mol. The van der Waals surface area contributed by atoms with E-state index in [4.69, 9.17) is 17.3 Å². The van der Waals surface area contributed by atoms with Gasteiger partial charge in [0.25, 0.3) is 0 Å². The van der Waals surface area contributed by atoms with Gasteiger partial charge in [0.1, 0.15) is 0 Å². The van der Waals surface area contributed by atoms with Crippen LogP contribution in [-0.2, 0) is 4.79 Å². The summed E-state index contributed by atoms with van der Waals surface area (Å²) in [5.41, 5.74) is 6.47. The molecule has 1 atom stereocenters. The Morgan fingerprint density at radius 2 is 1.88 bits per heavy atom. The highest BCUT2D eigenvalue weighted by Gasteiger charge is 2.14. The van der Waals surface area contributed by atoms with Gasteiger partial charge in [-0.1, -0.05) is 25.4 Å². The number of benzene rings is 1. The molecule has 0 aliphatic heterocycles. The van der Waals surface area contributed by atoms with Gasteiger partial charge in [0.05, 0.1) is 6.04 Å². The molecule has 3 nitrogen and oxygen atoms in total. The molecular weight excluding hydrogens is 259 g/mol. The van der Waals surface area contributed by atoms with Crippen LogP contribution in [0.3, 0.4) is 0 Å². The quantitative estimate of drug-likeness (QED) is 0.888. The van der Waals surface area contributed by atoms with Gasteiger partial charge in [-0.2, -0.15) is 0 Å². The summed E-state index contributed by atoms with van der Waals surface area (Å²) in [4.78, 5) is 11.7. The molecule has 17 heavy (non-hydrogen) atoms. The number of hydrogen-bond donors (Lipinski definition) is 2. The first kappa shape index (κ1) is 16.2. The van der Waals surface area contributed by atoms with Crippen molar-refractivity contribution in [2.24, 2.45) is 11.7 Å². The van der Waals surface area contributed by atoms with Crippen molar-refractivity contribution in [3.63, 3.8) is 0 Å². The molecule has 0 aliphatic rings. The summed E-state index contributed by atoms with van der Waals surface area (Å²) in [6.07, 6.45) is 0.680. The molecule has 0 saturated carbocycles. The number of hydrogen-bond acceptors (Lipinski definition) is 2. The third-order valence-electron chi connectivity index (χ3n) is 2.17. The molecule has 1 rings (SSSR count). The van der Waals surface area contributed by atoms with E-state index in [2.05, 4.69) is 5.32 Å². The lowest BCUT2D eigenvalue weighted by atomic mass is 10.0. The largest absolute Gasteiger partial charge is 0.325 e. The Bertz CT molecular complexity index is 352. The number of carbonyl (C=O) groups excluding carboxylic acids is 1. The Labute approximate surface area is 113 Å². The van der Waals surface area contributed by atoms with Gasteiger partial charge in [-0.05, 0) is 36.6 Å². The summed E-state index contributed by atoms with van der Waals surface area (Å²) in [5.74, 6) is 0.252. The van der Waals surface area contributed by atoms with Crippen LogP contribution >= 0.6 is 24.0 Å². The summed E-state index contributed by atoms with van der Waals surface area (Å²) < 4.78 is 0. The third kappa shape index (κ3) is 5.91. The fourth-order valence-electron chi connectivity index (χ4n) is 1.38. The monoisotopic (exact) mass is 276 g/mol. The number of halogens is 2. The summed E-state index contributed by atoms with van der Waals surface area (Å²) in [7, 11) is 0. The fraction of sp³-hybridized carbons (Fsp3) is 0.417. The van der Waals surface area contributed by atoms with E-state index >= 15 is 0 Å². The van der Waals surface area contributed by atoms with Crippen LogP contribution in [0.5, 0.6) is 0 Å². The lowest BCUT2D eigenvalue weighted by molar-refractivity contribution is -0.117. The Morgan fingerprint density at radius 1 is 1.35 bits per heavy atom. The topological polar surface area (TPSA) is 55.1 Å². The van der Waals surface area contributed by atoms with Gasteiger partial charge in [0.15, 0.2) is 0 Å². The molecule has 0 bridgehead atoms. The lowest BCUT2D eigenvalue weighted by Crippen LogP contribution is -2.36. The number of amides is 1. The summed E-state index contributed by atoms with van der Waals surface area (Å²) in [5, 5.41) is 3.39. The van der Waals surface area contributed by atoms with Crippen molar-refractivity contribution in [1.82, 2.24) is 0 Å². The van der Waals surface area contributed by atoms with E-state index < -0.39 is 6.04 Å². The molecule has 3 N–H and O–H groups in total. The molecule has 0 radical (unpaired) electrons. The Hall–Kier alpha value is -0.770. The van der Waals surface area contributed by atoms with Crippen molar-refractivity contribution in [1.29, 1.82) is 0 Å². The zero-order valence-electron chi connectivity index (χ0n) is 9.94. The number of anilines is 1. The number of nitrogens with two attached hydrogens (primary N) is 1. The molecule has 96 valence electrons. The molecular formula is C12H18Cl2N2O. The first-order valence-electron chi connectivity index (χ1n) is 5.31. The lowest BCUT2D eigenvalue weighted by Gasteiger charge is -2.14. The van der Waals surface area contributed by atoms with Crippen LogP contribution in [0.4, 0.5) is 5.69 Å². The van der Waals surface area contributed by atoms with Crippen LogP contribution in [0, 0.1) is 5.92 Å². The maximum Gasteiger partial charge on any atom is 0.241 e. The zero-order valence-corrected chi connectivity index (χ0v) is 11.5. The average molecular weight is 277 g/mol. The maximum absolute atomic E-state index is 11.7. The molecule has 0 spiro atoms. The molecule has 5 heteroatoms. The molecule has 0 saturated heterocycles. The number of rotatable bonds is 4. The van der Waals surface area contributed by atoms with Crippen LogP contribution in [0.1, 0.15) is 20.3 Å². The zero-order chi connectivity index (χ0) is 12.1. The molecule has 0 unspecified atom stereocenters. The Morgan fingerprint density at radius 3 is 2.35 bits per heavy atom. The van der Waals surface area contributed by atoms with Crippen molar-refractivity contribution in [3.8, 4) is 0 Å². The Kier molecular flexibility index (Phi) is 7.19. The van der Waals surface area contributed by atoms with E-state index in [1.807, 2.05) is 13.8 Å². The second kappa shape index (κ2) is 7.54. The maximum atomic E-state index is 11.7. The molecule has 1 aromatic rings. The van der Waals surface area contributed by atoms with Crippen molar-refractivity contribution in [2.75, 3.05) is 5.32 Å². The van der Waals surface area contributed by atoms with Crippen LogP contribution in [0.15, 0.2) is 24.3 Å². The van der Waals surface area contributed by atoms with E-state index in [0.717, 1.165) is 0 Å². The smallest absolute Gasteiger partial charge is 0.241 e. The molecule has 1 aromatic carbocycles. The van der Waals surface area contributed by atoms with Gasteiger partial charge in [0, 0.05) is 10.7 Å². The summed E-state index contributed by atoms with van der Waals surface area (Å²) in [6.45, 7) is 4.07. The summed E-state index contributed by atoms with van der Waals surface area (Å²) >= 11 is 5.74. The highest BCUT2D eigenvalue weighted by molar-refractivity contribution is 6.30. The average Bonchev–Trinajstić information content (AvgIpc) is 2.20. The van der Waals surface area contributed by atoms with Crippen LogP contribution in [0.2, 0.25) is 5.02 Å². The molecule has 0 fully saturated rings. The molecule has 0 aliphatic carbocycles. The standard InChI is InChI=1S/C12H17ClN2O.ClH/c1-8(2)7-11(14)12(16)15-10-5-3-9(13)4-6-10;/h3-6,8,11H,7,14H2,1-2H3,(H,15,16);1H/t11-;/m0./s1. The normalized spacial score (nSPS) is 11.8. The van der Waals surface area contributed by atoms with E-state index in [-0.39, 0.29) is 18.3 Å². The second-order valence-electron chi connectivity index (χ2n) is 4.23. The minimum absolute atomic E-state index is 0. The summed E-state index contributed by atoms with van der Waals surface area (Å²) in [6, 6.07) is 6.50. The van der Waals surface area contributed by atoms with Crippen molar-refractivity contribution in [3.05, 3.63) is 29.3 Å². The van der Waals surface area contributed by atoms with Crippen molar-refractivity contribution in [2.45, 2.75) is 26.3 Å². The SMILES string of the molecule is CC(C)C[C@H](N)C(=O)Nc1ccc(Cl)cc1.Cl. The minimum atomic E-state index is -0.462. The van der Waals surface area contributed by atoms with Gasteiger partial charge < -0.3 is 11.1 Å². The van der Waals surface area contributed by atoms with Crippen LogP contribution in [-0.4, -0.2) is 11.9 Å². The van der Waals surface area contributed by atoms with Gasteiger partial charge in [0.2, 0.25) is 5.91 Å². The van der Waals surface area contributed by atoms with Crippen molar-refractivity contribution < 1.29 is 4.79 Å². The van der Waals surface area contributed by atoms with Gasteiger partial charge in [-0.15, -0.1) is 12.4 Å². The predicted octanol–water partition coefficient (Wildman–Crippen LogP) is 3.07.